The van der Waals surface area contributed by atoms with Crippen LogP contribution in [0.4, 0.5) is 0 Å². The molecule has 0 aliphatic rings. The van der Waals surface area contributed by atoms with E-state index in [9.17, 15) is 4.79 Å². The number of hydrogen-bond donors (Lipinski definition) is 0. The first-order valence-corrected chi connectivity index (χ1v) is 11.5. The first-order chi connectivity index (χ1) is 14.3. The average molecular weight is 416 g/mol. The molecular formula is C23H33N3O2S. The zero-order valence-corrected chi connectivity index (χ0v) is 18.7. The molecule has 2 rings (SSSR count). The number of hydrogen-bond acceptors (Lipinski definition) is 6. The minimum Gasteiger partial charge on any atom is -0.465 e. The van der Waals surface area contributed by atoms with E-state index < -0.39 is 0 Å². The van der Waals surface area contributed by atoms with Gasteiger partial charge in [0.2, 0.25) is 0 Å². The second kappa shape index (κ2) is 16.7. The van der Waals surface area contributed by atoms with Crippen LogP contribution < -0.4 is 0 Å². The highest BCUT2D eigenvalue weighted by Crippen LogP contribution is 2.18. The van der Waals surface area contributed by atoms with Crippen LogP contribution in [0.15, 0.2) is 54.0 Å². The van der Waals surface area contributed by atoms with Gasteiger partial charge in [-0.05, 0) is 43.9 Å². The molecule has 0 aromatic carbocycles. The van der Waals surface area contributed by atoms with Gasteiger partial charge in [-0.3, -0.25) is 9.78 Å². The summed E-state index contributed by atoms with van der Waals surface area (Å²) in [6, 6.07) is 7.47. The monoisotopic (exact) mass is 415 g/mol. The quantitative estimate of drug-likeness (QED) is 0.137. The number of ether oxygens (including phenoxy) is 1. The van der Waals surface area contributed by atoms with Crippen LogP contribution in [0.1, 0.15) is 59.3 Å². The Hall–Kier alpha value is -2.21. The fourth-order valence-corrected chi connectivity index (χ4v) is 3.00. The van der Waals surface area contributed by atoms with Crippen LogP contribution in [0.3, 0.4) is 0 Å². The molecule has 0 aliphatic carbocycles. The number of unbranched alkanes of at least 4 members (excludes halogenated alkanes) is 4. The van der Waals surface area contributed by atoms with Gasteiger partial charge in [-0.1, -0.05) is 63.6 Å². The molecule has 0 unspecified atom stereocenters. The predicted molar refractivity (Wildman–Crippen MR) is 121 cm³/mol. The molecule has 5 nitrogen and oxygen atoms in total. The average Bonchev–Trinajstić information content (AvgIpc) is 2.79. The summed E-state index contributed by atoms with van der Waals surface area (Å²) in [6.45, 7) is 6.66. The Morgan fingerprint density at radius 2 is 1.79 bits per heavy atom. The van der Waals surface area contributed by atoms with E-state index in [1.54, 1.807) is 18.5 Å². The van der Waals surface area contributed by atoms with Gasteiger partial charge in [-0.15, -0.1) is 0 Å². The highest BCUT2D eigenvalue weighted by molar-refractivity contribution is 7.99. The van der Waals surface area contributed by atoms with Crippen molar-refractivity contribution in [1.29, 1.82) is 0 Å². The molecule has 0 aliphatic heterocycles. The third-order valence-corrected chi connectivity index (χ3v) is 4.63. The van der Waals surface area contributed by atoms with E-state index in [-0.39, 0.29) is 11.7 Å². The van der Waals surface area contributed by atoms with Crippen LogP contribution in [0.2, 0.25) is 0 Å². The van der Waals surface area contributed by atoms with E-state index >= 15 is 0 Å². The summed E-state index contributed by atoms with van der Waals surface area (Å²) in [5.41, 5.74) is 1.53. The van der Waals surface area contributed by atoms with Crippen molar-refractivity contribution in [2.24, 2.45) is 0 Å². The van der Waals surface area contributed by atoms with E-state index in [1.807, 2.05) is 32.0 Å². The van der Waals surface area contributed by atoms with Crippen LogP contribution in [0.5, 0.6) is 0 Å². The Morgan fingerprint density at radius 3 is 2.52 bits per heavy atom. The first kappa shape index (κ1) is 24.8. The van der Waals surface area contributed by atoms with Gasteiger partial charge in [0.1, 0.15) is 0 Å². The van der Waals surface area contributed by atoms with Crippen LogP contribution >= 0.6 is 11.8 Å². The summed E-state index contributed by atoms with van der Waals surface area (Å²) in [5.74, 6) is -0.0304. The number of carbonyl (C=O) groups is 1. The molecule has 0 bridgehead atoms. The summed E-state index contributed by atoms with van der Waals surface area (Å²) in [7, 11) is 0. The number of pyridine rings is 1. The predicted octanol–water partition coefficient (Wildman–Crippen LogP) is 6.12. The van der Waals surface area contributed by atoms with Crippen LogP contribution in [-0.4, -0.2) is 33.3 Å². The van der Waals surface area contributed by atoms with E-state index in [1.165, 1.54) is 31.0 Å². The molecule has 0 spiro atoms. The highest BCUT2D eigenvalue weighted by atomic mass is 32.2. The summed E-state index contributed by atoms with van der Waals surface area (Å²) in [4.78, 5) is 24.8. The Kier molecular flexibility index (Phi) is 14.3. The molecule has 158 valence electrons. The molecule has 0 fully saturated rings. The fraction of sp³-hybridized carbons (Fsp3) is 0.478. The van der Waals surface area contributed by atoms with Crippen molar-refractivity contribution in [3.8, 4) is 11.4 Å². The Balaban J connectivity index is 0.00000204. The van der Waals surface area contributed by atoms with Crippen LogP contribution in [0, 0.1) is 0 Å². The standard InChI is InChI=1S/C21H27N3O2S.C2H6/c1-2-3-4-5-6-7-8-11-16-26-20(25)17-27-21-23-15-13-19(24-21)18-12-9-10-14-22-18;1-2/h6-7,9-10,12-15H,2-5,8,11,16-17H2,1H3;1-2H3/b7-6+;. The minimum absolute atomic E-state index is 0.207. The number of thioether (sulfide) groups is 1. The summed E-state index contributed by atoms with van der Waals surface area (Å²) in [6.07, 6.45) is 14.5. The topological polar surface area (TPSA) is 65.0 Å². The molecule has 2 aromatic rings. The lowest BCUT2D eigenvalue weighted by Crippen LogP contribution is -2.08. The number of nitrogens with zero attached hydrogens (tertiary/aromatic N) is 3. The van der Waals surface area contributed by atoms with Crippen molar-refractivity contribution in [1.82, 2.24) is 15.0 Å². The number of esters is 1. The van der Waals surface area contributed by atoms with Gasteiger partial charge < -0.3 is 4.74 Å². The van der Waals surface area contributed by atoms with Gasteiger partial charge in [0.05, 0.1) is 23.7 Å². The number of allylic oxidation sites excluding steroid dienone is 2. The first-order valence-electron chi connectivity index (χ1n) is 10.5. The molecular weight excluding hydrogens is 382 g/mol. The molecule has 0 saturated heterocycles. The Bertz CT molecular complexity index is 708. The maximum absolute atomic E-state index is 11.8. The molecule has 2 heterocycles. The lowest BCUT2D eigenvalue weighted by molar-refractivity contribution is -0.140. The van der Waals surface area contributed by atoms with Crippen molar-refractivity contribution in [3.05, 3.63) is 48.8 Å². The van der Waals surface area contributed by atoms with Crippen LogP contribution in [-0.2, 0) is 9.53 Å². The molecule has 0 saturated carbocycles. The largest absolute Gasteiger partial charge is 0.465 e. The van der Waals surface area contributed by atoms with Crippen LogP contribution in [0.25, 0.3) is 11.4 Å². The lowest BCUT2D eigenvalue weighted by Gasteiger charge is -2.04. The normalized spacial score (nSPS) is 10.4. The van der Waals surface area contributed by atoms with Crippen molar-refractivity contribution in [3.63, 3.8) is 0 Å². The highest BCUT2D eigenvalue weighted by Gasteiger charge is 2.08. The van der Waals surface area contributed by atoms with Gasteiger partial charge in [0.25, 0.3) is 0 Å². The molecule has 2 aromatic heterocycles. The third kappa shape index (κ3) is 11.4. The number of rotatable bonds is 12. The molecule has 0 radical (unpaired) electrons. The third-order valence-electron chi connectivity index (χ3n) is 3.80. The number of aromatic nitrogens is 3. The smallest absolute Gasteiger partial charge is 0.316 e. The zero-order chi connectivity index (χ0) is 21.2. The van der Waals surface area contributed by atoms with Crippen molar-refractivity contribution >= 4 is 17.7 Å². The second-order valence-electron chi connectivity index (χ2n) is 6.06. The number of carbonyl (C=O) groups excluding carboxylic acids is 1. The van der Waals surface area contributed by atoms with E-state index in [0.717, 1.165) is 30.7 Å². The SMILES string of the molecule is CC.CCCCC/C=C/CCCOC(=O)CSc1nccc(-c2ccccn2)n1. The van der Waals surface area contributed by atoms with Gasteiger partial charge in [0.15, 0.2) is 5.16 Å². The van der Waals surface area contributed by atoms with Gasteiger partial charge >= 0.3 is 5.97 Å². The molecule has 0 atom stereocenters. The fourth-order valence-electron chi connectivity index (χ4n) is 2.37. The van der Waals surface area contributed by atoms with Crippen molar-refractivity contribution in [2.45, 2.75) is 64.5 Å². The van der Waals surface area contributed by atoms with E-state index in [0.29, 0.717) is 11.8 Å². The van der Waals surface area contributed by atoms with Crippen molar-refractivity contribution in [2.75, 3.05) is 12.4 Å². The molecule has 0 N–H and O–H groups in total. The second-order valence-corrected chi connectivity index (χ2v) is 7.00. The minimum atomic E-state index is -0.237. The summed E-state index contributed by atoms with van der Waals surface area (Å²) < 4.78 is 5.26. The maximum Gasteiger partial charge on any atom is 0.316 e. The van der Waals surface area contributed by atoms with Gasteiger partial charge in [0, 0.05) is 12.4 Å². The molecule has 6 heteroatoms. The maximum atomic E-state index is 11.8. The van der Waals surface area contributed by atoms with Gasteiger partial charge in [-0.2, -0.15) is 0 Å². The van der Waals surface area contributed by atoms with E-state index in [2.05, 4.69) is 34.0 Å². The Labute approximate surface area is 179 Å². The lowest BCUT2D eigenvalue weighted by atomic mass is 10.2. The molecule has 29 heavy (non-hydrogen) atoms. The summed E-state index contributed by atoms with van der Waals surface area (Å²) in [5, 5.41) is 0.546. The Morgan fingerprint density at radius 1 is 1.00 bits per heavy atom. The zero-order valence-electron chi connectivity index (χ0n) is 17.8. The summed E-state index contributed by atoms with van der Waals surface area (Å²) >= 11 is 1.28. The van der Waals surface area contributed by atoms with Crippen molar-refractivity contribution < 1.29 is 9.53 Å². The van der Waals surface area contributed by atoms with Gasteiger partial charge in [-0.25, -0.2) is 9.97 Å². The molecule has 0 amide bonds. The van der Waals surface area contributed by atoms with E-state index in [4.69, 9.17) is 4.74 Å².